The molecule has 46 heavy (non-hydrogen) atoms. The molecule has 1 aliphatic rings. The first-order valence-electron chi connectivity index (χ1n) is 14.2. The molecule has 1 fully saturated rings. The van der Waals surface area contributed by atoms with Crippen LogP contribution in [-0.2, 0) is 23.9 Å². The molecular weight excluding hydrogens is 611 g/mol. The quantitative estimate of drug-likeness (QED) is 0.179. The van der Waals surface area contributed by atoms with E-state index in [2.05, 4.69) is 15.0 Å². The van der Waals surface area contributed by atoms with E-state index >= 15 is 8.78 Å². The van der Waals surface area contributed by atoms with Crippen LogP contribution in [-0.4, -0.2) is 43.8 Å². The minimum absolute atomic E-state index is 0.0372. The Kier molecular flexibility index (Phi) is 7.97. The van der Waals surface area contributed by atoms with Gasteiger partial charge in [-0.1, -0.05) is 26.0 Å². The fourth-order valence-corrected chi connectivity index (χ4v) is 5.50. The molecular formula is C33H27F5N4O4. The van der Waals surface area contributed by atoms with E-state index in [-0.39, 0.29) is 52.7 Å². The number of rotatable bonds is 8. The van der Waals surface area contributed by atoms with Gasteiger partial charge in [-0.05, 0) is 48.0 Å². The molecule has 1 aliphatic heterocycles. The molecule has 1 atom stereocenters. The highest BCUT2D eigenvalue weighted by molar-refractivity contribution is 5.92. The summed E-state index contributed by atoms with van der Waals surface area (Å²) in [5, 5.41) is 9.57. The van der Waals surface area contributed by atoms with Crippen LogP contribution in [0.2, 0.25) is 0 Å². The van der Waals surface area contributed by atoms with Crippen LogP contribution in [0, 0.1) is 17.0 Å². The van der Waals surface area contributed by atoms with E-state index in [1.165, 1.54) is 36.4 Å². The van der Waals surface area contributed by atoms with Crippen molar-refractivity contribution in [3.05, 3.63) is 107 Å². The maximum atomic E-state index is 15.6. The van der Waals surface area contributed by atoms with E-state index in [0.717, 1.165) is 24.4 Å². The number of nitrogens with zero attached hydrogens (tertiary/aromatic N) is 4. The second kappa shape index (κ2) is 11.8. The second-order valence-corrected chi connectivity index (χ2v) is 11.7. The number of hydrogen-bond acceptors (Lipinski definition) is 6. The Hall–Kier alpha value is -4.91. The van der Waals surface area contributed by atoms with Crippen LogP contribution >= 0.6 is 0 Å². The van der Waals surface area contributed by atoms with Gasteiger partial charge in [0, 0.05) is 35.2 Å². The second-order valence-electron chi connectivity index (χ2n) is 11.7. The van der Waals surface area contributed by atoms with Crippen molar-refractivity contribution < 1.29 is 41.3 Å². The Balaban J connectivity index is 1.27. The van der Waals surface area contributed by atoms with Crippen molar-refractivity contribution in [3.8, 4) is 17.1 Å². The van der Waals surface area contributed by atoms with Crippen LogP contribution in [0.5, 0.6) is 5.88 Å². The number of alkyl halides is 3. The van der Waals surface area contributed by atoms with Crippen LogP contribution in [0.1, 0.15) is 52.9 Å². The molecule has 0 saturated carbocycles. The van der Waals surface area contributed by atoms with Crippen molar-refractivity contribution in [2.24, 2.45) is 5.41 Å². The SMILES string of the molecule is CC1(C)COC[C@H]1n1c(Cc2cc(F)c(-c3cccc(OCc4ccc(C(F)(F)F)nc4)n3)cc2F)nc2ccc(C(=O)O)cc21. The molecule has 0 aliphatic carbocycles. The largest absolute Gasteiger partial charge is 0.478 e. The highest BCUT2D eigenvalue weighted by atomic mass is 19.4. The minimum atomic E-state index is -4.56. The molecule has 5 aromatic rings. The summed E-state index contributed by atoms with van der Waals surface area (Å²) in [5.74, 6) is -2.06. The summed E-state index contributed by atoms with van der Waals surface area (Å²) in [5.41, 5.74) is 0.160. The number of benzene rings is 2. The summed E-state index contributed by atoms with van der Waals surface area (Å²) in [6.45, 7) is 4.69. The number of imidazole rings is 1. The van der Waals surface area contributed by atoms with Gasteiger partial charge in [-0.3, -0.25) is 4.98 Å². The van der Waals surface area contributed by atoms with Crippen LogP contribution < -0.4 is 4.74 Å². The number of carbonyl (C=O) groups is 1. The number of aromatic nitrogens is 4. The number of fused-ring (bicyclic) bond motifs is 1. The molecule has 4 heterocycles. The van der Waals surface area contributed by atoms with Crippen molar-refractivity contribution in [3.63, 3.8) is 0 Å². The highest BCUT2D eigenvalue weighted by Crippen LogP contribution is 2.40. The number of carboxylic acids is 1. The lowest BCUT2D eigenvalue weighted by Gasteiger charge is -2.28. The number of pyridine rings is 2. The summed E-state index contributed by atoms with van der Waals surface area (Å²) in [6.07, 6.45) is -3.60. The lowest BCUT2D eigenvalue weighted by atomic mass is 9.87. The fraction of sp³-hybridized carbons (Fsp3) is 0.273. The Labute approximate surface area is 259 Å². The first kappa shape index (κ1) is 31.1. The van der Waals surface area contributed by atoms with Gasteiger partial charge >= 0.3 is 12.1 Å². The average molecular weight is 639 g/mol. The summed E-state index contributed by atoms with van der Waals surface area (Å²) in [6, 6.07) is 13.0. The minimum Gasteiger partial charge on any atom is -0.478 e. The molecule has 2 aromatic carbocycles. The zero-order chi connectivity index (χ0) is 32.8. The van der Waals surface area contributed by atoms with E-state index < -0.39 is 29.5 Å². The molecule has 3 aromatic heterocycles. The van der Waals surface area contributed by atoms with E-state index in [1.54, 1.807) is 6.07 Å². The summed E-state index contributed by atoms with van der Waals surface area (Å²) >= 11 is 0. The molecule has 0 spiro atoms. The normalized spacial score (nSPS) is 16.2. The number of carboxylic acid groups (broad SMARTS) is 1. The first-order valence-corrected chi connectivity index (χ1v) is 14.2. The lowest BCUT2D eigenvalue weighted by Crippen LogP contribution is -2.27. The van der Waals surface area contributed by atoms with Gasteiger partial charge in [-0.2, -0.15) is 13.2 Å². The van der Waals surface area contributed by atoms with Gasteiger partial charge < -0.3 is 19.1 Å². The molecule has 0 unspecified atom stereocenters. The van der Waals surface area contributed by atoms with Crippen LogP contribution in [0.15, 0.2) is 66.9 Å². The Morgan fingerprint density at radius 3 is 2.54 bits per heavy atom. The highest BCUT2D eigenvalue weighted by Gasteiger charge is 2.39. The number of halogens is 5. The zero-order valence-electron chi connectivity index (χ0n) is 24.6. The standard InChI is InChI=1S/C33H27F5N4O4/c1-32(2)17-45-16-28(32)42-26-11-19(31(43)44)7-8-25(26)40-29(42)12-20-10-23(35)21(13-22(20)34)24-4-3-5-30(41-24)46-15-18-6-9-27(39-14-18)33(36,37)38/h3-11,13-14,28H,12,15-17H2,1-2H3,(H,43,44)/t28-/m1/s1. The average Bonchev–Trinajstić information content (AvgIpc) is 3.54. The molecule has 13 heteroatoms. The van der Waals surface area contributed by atoms with Crippen LogP contribution in [0.25, 0.3) is 22.3 Å². The van der Waals surface area contributed by atoms with E-state index in [1.807, 2.05) is 18.4 Å². The molecule has 238 valence electrons. The Morgan fingerprint density at radius 2 is 1.87 bits per heavy atom. The maximum absolute atomic E-state index is 15.6. The molecule has 0 amide bonds. The van der Waals surface area contributed by atoms with Crippen LogP contribution in [0.3, 0.4) is 0 Å². The van der Waals surface area contributed by atoms with E-state index in [4.69, 9.17) is 9.47 Å². The monoisotopic (exact) mass is 638 g/mol. The summed E-state index contributed by atoms with van der Waals surface area (Å²) in [7, 11) is 0. The van der Waals surface area contributed by atoms with Crippen molar-refractivity contribution in [1.29, 1.82) is 0 Å². The Bertz CT molecular complexity index is 1940. The third-order valence-corrected chi connectivity index (χ3v) is 7.96. The smallest absolute Gasteiger partial charge is 0.433 e. The van der Waals surface area contributed by atoms with Gasteiger partial charge in [0.15, 0.2) is 0 Å². The first-order chi connectivity index (χ1) is 21.8. The topological polar surface area (TPSA) is 99.4 Å². The molecule has 8 nitrogen and oxygen atoms in total. The van der Waals surface area contributed by atoms with Gasteiger partial charge in [0.2, 0.25) is 5.88 Å². The third kappa shape index (κ3) is 6.14. The van der Waals surface area contributed by atoms with Gasteiger partial charge in [-0.15, -0.1) is 0 Å². The van der Waals surface area contributed by atoms with E-state index in [9.17, 15) is 23.1 Å². The molecule has 1 N–H and O–H groups in total. The lowest BCUT2D eigenvalue weighted by molar-refractivity contribution is -0.141. The summed E-state index contributed by atoms with van der Waals surface area (Å²) < 4.78 is 82.7. The number of hydrogen-bond donors (Lipinski definition) is 1. The zero-order valence-corrected chi connectivity index (χ0v) is 24.6. The molecule has 0 radical (unpaired) electrons. The number of aromatic carboxylic acids is 1. The van der Waals surface area contributed by atoms with Gasteiger partial charge in [0.25, 0.3) is 0 Å². The fourth-order valence-electron chi connectivity index (χ4n) is 5.50. The van der Waals surface area contributed by atoms with Gasteiger partial charge in [0.05, 0.1) is 41.5 Å². The van der Waals surface area contributed by atoms with Crippen molar-refractivity contribution in [1.82, 2.24) is 19.5 Å². The van der Waals surface area contributed by atoms with Crippen LogP contribution in [0.4, 0.5) is 22.0 Å². The van der Waals surface area contributed by atoms with Crippen molar-refractivity contribution >= 4 is 17.0 Å². The predicted molar refractivity (Wildman–Crippen MR) is 156 cm³/mol. The maximum Gasteiger partial charge on any atom is 0.433 e. The van der Waals surface area contributed by atoms with Crippen molar-refractivity contribution in [2.45, 2.75) is 39.1 Å². The van der Waals surface area contributed by atoms with Gasteiger partial charge in [-0.25, -0.2) is 23.5 Å². The van der Waals surface area contributed by atoms with Crippen molar-refractivity contribution in [2.75, 3.05) is 13.2 Å². The molecule has 6 rings (SSSR count). The summed E-state index contributed by atoms with van der Waals surface area (Å²) in [4.78, 5) is 24.0. The Morgan fingerprint density at radius 1 is 1.07 bits per heavy atom. The molecule has 0 bridgehead atoms. The van der Waals surface area contributed by atoms with E-state index in [0.29, 0.717) is 35.6 Å². The molecule has 1 saturated heterocycles. The third-order valence-electron chi connectivity index (χ3n) is 7.96. The number of ether oxygens (including phenoxy) is 2. The van der Waals surface area contributed by atoms with Gasteiger partial charge in [0.1, 0.15) is 29.8 Å². The predicted octanol–water partition coefficient (Wildman–Crippen LogP) is 7.26.